The Labute approximate surface area is 150 Å². The number of nitrogens with zero attached hydrogens (tertiary/aromatic N) is 1. The predicted molar refractivity (Wildman–Crippen MR) is 95.3 cm³/mol. The van der Waals surface area contributed by atoms with Crippen molar-refractivity contribution in [3.8, 4) is 0 Å². The fourth-order valence-electron chi connectivity index (χ4n) is 2.90. The molecule has 25 heavy (non-hydrogen) atoms. The van der Waals surface area contributed by atoms with E-state index in [0.717, 1.165) is 25.9 Å². The first kappa shape index (κ1) is 17.4. The Balaban J connectivity index is 1.74. The molecule has 1 saturated heterocycles. The van der Waals surface area contributed by atoms with Crippen LogP contribution in [0.1, 0.15) is 28.8 Å². The van der Waals surface area contributed by atoms with Crippen LogP contribution in [-0.4, -0.2) is 29.8 Å². The highest BCUT2D eigenvalue weighted by atomic mass is 35.5. The summed E-state index contributed by atoms with van der Waals surface area (Å²) in [5, 5.41) is 3.00. The van der Waals surface area contributed by atoms with Crippen LogP contribution in [0.15, 0.2) is 42.5 Å². The molecule has 6 heteroatoms. The van der Waals surface area contributed by atoms with Gasteiger partial charge in [0, 0.05) is 18.1 Å². The molecule has 0 unspecified atom stereocenters. The van der Waals surface area contributed by atoms with Crippen LogP contribution in [0.3, 0.4) is 0 Å². The molecule has 0 atom stereocenters. The summed E-state index contributed by atoms with van der Waals surface area (Å²) < 4.78 is 13.8. The molecule has 0 aromatic heterocycles. The lowest BCUT2D eigenvalue weighted by molar-refractivity contribution is -0.115. The SMILES string of the molecule is O=C(Cc1ccc(Cl)cc1F)Nc1ccccc1C(=O)N1CCCC1. The van der Waals surface area contributed by atoms with Crippen molar-refractivity contribution in [2.45, 2.75) is 19.3 Å². The number of para-hydroxylation sites is 1. The molecule has 0 bridgehead atoms. The van der Waals surface area contributed by atoms with Crippen LogP contribution >= 0.6 is 11.6 Å². The third-order valence-corrected chi connectivity index (χ3v) is 4.43. The molecule has 1 aliphatic heterocycles. The van der Waals surface area contributed by atoms with Gasteiger partial charge in [-0.15, -0.1) is 0 Å². The number of carbonyl (C=O) groups is 2. The second-order valence-corrected chi connectivity index (χ2v) is 6.44. The standard InChI is InChI=1S/C19H18ClFN2O2/c20-14-8-7-13(16(21)12-14)11-18(24)22-17-6-2-1-5-15(17)19(25)23-9-3-4-10-23/h1-2,5-8,12H,3-4,9-11H2,(H,22,24). The zero-order valence-corrected chi connectivity index (χ0v) is 14.4. The van der Waals surface area contributed by atoms with Crippen LogP contribution in [0.5, 0.6) is 0 Å². The van der Waals surface area contributed by atoms with Gasteiger partial charge in [0.15, 0.2) is 0 Å². The molecule has 1 N–H and O–H groups in total. The Morgan fingerprint density at radius 1 is 1.12 bits per heavy atom. The number of likely N-dealkylation sites (tertiary alicyclic amines) is 1. The number of amides is 2. The minimum atomic E-state index is -0.524. The lowest BCUT2D eigenvalue weighted by atomic mass is 10.1. The molecule has 3 rings (SSSR count). The first-order chi connectivity index (χ1) is 12.0. The zero-order chi connectivity index (χ0) is 17.8. The lowest BCUT2D eigenvalue weighted by Crippen LogP contribution is -2.29. The summed E-state index contributed by atoms with van der Waals surface area (Å²) >= 11 is 5.72. The van der Waals surface area contributed by atoms with Gasteiger partial charge in [-0.25, -0.2) is 4.39 Å². The molecule has 0 spiro atoms. The van der Waals surface area contributed by atoms with Crippen LogP contribution in [-0.2, 0) is 11.2 Å². The summed E-state index contributed by atoms with van der Waals surface area (Å²) in [6.07, 6.45) is 1.86. The topological polar surface area (TPSA) is 49.4 Å². The van der Waals surface area contributed by atoms with Crippen molar-refractivity contribution in [2.24, 2.45) is 0 Å². The van der Waals surface area contributed by atoms with Crippen molar-refractivity contribution in [3.05, 3.63) is 64.4 Å². The van der Waals surface area contributed by atoms with E-state index in [4.69, 9.17) is 11.6 Å². The molecule has 0 radical (unpaired) electrons. The van der Waals surface area contributed by atoms with Crippen molar-refractivity contribution >= 4 is 29.1 Å². The summed E-state index contributed by atoms with van der Waals surface area (Å²) in [6, 6.07) is 11.1. The van der Waals surface area contributed by atoms with Gasteiger partial charge in [-0.2, -0.15) is 0 Å². The largest absolute Gasteiger partial charge is 0.339 e. The van der Waals surface area contributed by atoms with Crippen molar-refractivity contribution < 1.29 is 14.0 Å². The molecular formula is C19H18ClFN2O2. The van der Waals surface area contributed by atoms with Gasteiger partial charge in [-0.1, -0.05) is 29.8 Å². The van der Waals surface area contributed by atoms with Crippen LogP contribution < -0.4 is 5.32 Å². The molecular weight excluding hydrogens is 343 g/mol. The van der Waals surface area contributed by atoms with Crippen molar-refractivity contribution in [1.29, 1.82) is 0 Å². The van der Waals surface area contributed by atoms with E-state index in [1.165, 1.54) is 18.2 Å². The number of hydrogen-bond donors (Lipinski definition) is 1. The Hall–Kier alpha value is -2.40. The van der Waals surface area contributed by atoms with Gasteiger partial charge >= 0.3 is 0 Å². The van der Waals surface area contributed by atoms with E-state index in [1.807, 2.05) is 0 Å². The van der Waals surface area contributed by atoms with Crippen molar-refractivity contribution in [3.63, 3.8) is 0 Å². The molecule has 1 heterocycles. The molecule has 2 amide bonds. The van der Waals surface area contributed by atoms with Gasteiger partial charge in [0.1, 0.15) is 5.82 Å². The smallest absolute Gasteiger partial charge is 0.255 e. The van der Waals surface area contributed by atoms with Crippen LogP contribution in [0.4, 0.5) is 10.1 Å². The molecule has 4 nitrogen and oxygen atoms in total. The number of halogens is 2. The van der Waals surface area contributed by atoms with Gasteiger partial charge in [0.25, 0.3) is 5.91 Å². The number of carbonyl (C=O) groups excluding carboxylic acids is 2. The van der Waals surface area contributed by atoms with Gasteiger partial charge in [-0.05, 0) is 42.7 Å². The zero-order valence-electron chi connectivity index (χ0n) is 13.6. The molecule has 0 aliphatic carbocycles. The fourth-order valence-corrected chi connectivity index (χ4v) is 3.06. The third-order valence-electron chi connectivity index (χ3n) is 4.19. The average Bonchev–Trinajstić information content (AvgIpc) is 3.12. The van der Waals surface area contributed by atoms with Crippen molar-refractivity contribution in [2.75, 3.05) is 18.4 Å². The van der Waals surface area contributed by atoms with Gasteiger partial charge < -0.3 is 10.2 Å². The number of benzene rings is 2. The summed E-state index contributed by atoms with van der Waals surface area (Å²) in [7, 11) is 0. The highest BCUT2D eigenvalue weighted by Crippen LogP contribution is 2.21. The van der Waals surface area contributed by atoms with Crippen molar-refractivity contribution in [1.82, 2.24) is 4.90 Å². The lowest BCUT2D eigenvalue weighted by Gasteiger charge is -2.18. The Bertz CT molecular complexity index is 804. The highest BCUT2D eigenvalue weighted by molar-refractivity contribution is 6.30. The molecule has 2 aromatic carbocycles. The van der Waals surface area contributed by atoms with E-state index in [2.05, 4.69) is 5.32 Å². The van der Waals surface area contributed by atoms with Gasteiger partial charge in [0.05, 0.1) is 17.7 Å². The van der Waals surface area contributed by atoms with Crippen LogP contribution in [0.2, 0.25) is 5.02 Å². The van der Waals surface area contributed by atoms with E-state index in [-0.39, 0.29) is 28.8 Å². The average molecular weight is 361 g/mol. The normalized spacial score (nSPS) is 13.8. The van der Waals surface area contributed by atoms with E-state index in [0.29, 0.717) is 11.3 Å². The maximum Gasteiger partial charge on any atom is 0.255 e. The van der Waals surface area contributed by atoms with Crippen LogP contribution in [0.25, 0.3) is 0 Å². The maximum absolute atomic E-state index is 13.8. The minimum Gasteiger partial charge on any atom is -0.339 e. The summed E-state index contributed by atoms with van der Waals surface area (Å²) in [4.78, 5) is 26.7. The van der Waals surface area contributed by atoms with E-state index in [9.17, 15) is 14.0 Å². The Kier molecular flexibility index (Phi) is 5.34. The number of nitrogens with one attached hydrogen (secondary N) is 1. The monoisotopic (exact) mass is 360 g/mol. The first-order valence-corrected chi connectivity index (χ1v) is 8.54. The van der Waals surface area contributed by atoms with Crippen LogP contribution in [0, 0.1) is 5.82 Å². The highest BCUT2D eigenvalue weighted by Gasteiger charge is 2.22. The van der Waals surface area contributed by atoms with Gasteiger partial charge in [-0.3, -0.25) is 9.59 Å². The molecule has 0 saturated carbocycles. The number of rotatable bonds is 4. The molecule has 1 fully saturated rings. The molecule has 130 valence electrons. The van der Waals surface area contributed by atoms with E-state index in [1.54, 1.807) is 29.2 Å². The maximum atomic E-state index is 13.8. The molecule has 2 aromatic rings. The Morgan fingerprint density at radius 2 is 1.84 bits per heavy atom. The third kappa shape index (κ3) is 4.17. The van der Waals surface area contributed by atoms with Gasteiger partial charge in [0.2, 0.25) is 5.91 Å². The number of anilines is 1. The number of hydrogen-bond acceptors (Lipinski definition) is 2. The molecule has 1 aliphatic rings. The second kappa shape index (κ2) is 7.66. The summed E-state index contributed by atoms with van der Waals surface area (Å²) in [6.45, 7) is 1.47. The Morgan fingerprint density at radius 3 is 2.56 bits per heavy atom. The predicted octanol–water partition coefficient (Wildman–Crippen LogP) is 3.90. The summed E-state index contributed by atoms with van der Waals surface area (Å²) in [5.41, 5.74) is 1.15. The van der Waals surface area contributed by atoms with E-state index >= 15 is 0 Å². The second-order valence-electron chi connectivity index (χ2n) is 6.01. The quantitative estimate of drug-likeness (QED) is 0.899. The minimum absolute atomic E-state index is 0.0916. The summed E-state index contributed by atoms with van der Waals surface area (Å²) in [5.74, 6) is -1.00. The first-order valence-electron chi connectivity index (χ1n) is 8.16. The fraction of sp³-hybridized carbons (Fsp3) is 0.263. The van der Waals surface area contributed by atoms with E-state index < -0.39 is 5.82 Å².